The van der Waals surface area contributed by atoms with Crippen molar-refractivity contribution >= 4 is 12.0 Å². The first-order valence-corrected chi connectivity index (χ1v) is 14.5. The molecule has 0 radical (unpaired) electrons. The predicted molar refractivity (Wildman–Crippen MR) is 156 cm³/mol. The Kier molecular flexibility index (Phi) is 8.54. The third kappa shape index (κ3) is 6.73. The summed E-state index contributed by atoms with van der Waals surface area (Å²) in [5.74, 6) is 0.0197. The van der Waals surface area contributed by atoms with Crippen molar-refractivity contribution in [1.29, 1.82) is 0 Å². The lowest BCUT2D eigenvalue weighted by atomic mass is 9.91. The topological polar surface area (TPSA) is 79.7 Å². The van der Waals surface area contributed by atoms with E-state index in [1.165, 1.54) is 11.1 Å². The van der Waals surface area contributed by atoms with E-state index in [0.29, 0.717) is 25.2 Å². The fourth-order valence-electron chi connectivity index (χ4n) is 5.71. The summed E-state index contributed by atoms with van der Waals surface area (Å²) in [6.07, 6.45) is 4.88. The van der Waals surface area contributed by atoms with E-state index in [-0.39, 0.29) is 17.9 Å². The molecule has 0 atom stereocenters. The van der Waals surface area contributed by atoms with Gasteiger partial charge in [0.05, 0.1) is 23.1 Å². The zero-order valence-electron chi connectivity index (χ0n) is 23.9. The van der Waals surface area contributed by atoms with Crippen LogP contribution in [0, 0.1) is 0 Å². The summed E-state index contributed by atoms with van der Waals surface area (Å²) >= 11 is 0. The summed E-state index contributed by atoms with van der Waals surface area (Å²) in [5.41, 5.74) is 4.80. The zero-order valence-corrected chi connectivity index (χ0v) is 23.9. The smallest absolute Gasteiger partial charge is 0.410 e. The van der Waals surface area contributed by atoms with Gasteiger partial charge in [-0.2, -0.15) is 5.10 Å². The second-order valence-corrected chi connectivity index (χ2v) is 11.8. The second kappa shape index (κ2) is 12.3. The Bertz CT molecular complexity index is 1310. The quantitative estimate of drug-likeness (QED) is 0.416. The van der Waals surface area contributed by atoms with Crippen LogP contribution in [0.2, 0.25) is 0 Å². The minimum absolute atomic E-state index is 0.0873. The predicted octanol–water partition coefficient (Wildman–Crippen LogP) is 5.17. The van der Waals surface area contributed by atoms with Crippen LogP contribution in [-0.2, 0) is 17.7 Å². The molecule has 212 valence electrons. The van der Waals surface area contributed by atoms with Crippen LogP contribution < -0.4 is 5.32 Å². The Morgan fingerprint density at radius 2 is 1.68 bits per heavy atom. The number of rotatable bonds is 7. The first kappa shape index (κ1) is 27.9. The number of nitrogens with one attached hydrogen (secondary N) is 1. The molecule has 8 heteroatoms. The van der Waals surface area contributed by atoms with E-state index >= 15 is 0 Å². The maximum atomic E-state index is 13.4. The van der Waals surface area contributed by atoms with E-state index < -0.39 is 5.60 Å². The van der Waals surface area contributed by atoms with Crippen molar-refractivity contribution in [2.24, 2.45) is 0 Å². The van der Waals surface area contributed by atoms with Crippen LogP contribution in [0.15, 0.2) is 60.8 Å². The van der Waals surface area contributed by atoms with Crippen LogP contribution in [-0.4, -0.2) is 69.9 Å². The third-order valence-corrected chi connectivity index (χ3v) is 7.73. The molecule has 40 heavy (non-hydrogen) atoms. The van der Waals surface area contributed by atoms with Crippen LogP contribution in [0.3, 0.4) is 0 Å². The molecule has 5 rings (SSSR count). The fourth-order valence-corrected chi connectivity index (χ4v) is 5.71. The Morgan fingerprint density at radius 1 is 0.975 bits per heavy atom. The van der Waals surface area contributed by atoms with Crippen molar-refractivity contribution in [2.45, 2.75) is 64.5 Å². The largest absolute Gasteiger partial charge is 0.444 e. The van der Waals surface area contributed by atoms with E-state index in [0.717, 1.165) is 56.7 Å². The molecule has 2 aliphatic heterocycles. The Labute approximate surface area is 237 Å². The normalized spacial score (nSPS) is 16.4. The molecule has 0 spiro atoms. The highest BCUT2D eigenvalue weighted by molar-refractivity contribution is 5.95. The van der Waals surface area contributed by atoms with Gasteiger partial charge in [-0.15, -0.1) is 0 Å². The number of hydrogen-bond acceptors (Lipinski definition) is 5. The van der Waals surface area contributed by atoms with Crippen LogP contribution >= 0.6 is 0 Å². The number of benzene rings is 2. The number of amides is 2. The summed E-state index contributed by atoms with van der Waals surface area (Å²) in [7, 11) is 0. The van der Waals surface area contributed by atoms with Gasteiger partial charge in [-0.25, -0.2) is 9.48 Å². The summed E-state index contributed by atoms with van der Waals surface area (Å²) < 4.78 is 7.47. The van der Waals surface area contributed by atoms with Gasteiger partial charge in [0.2, 0.25) is 0 Å². The molecular formula is C32H41N5O3. The fraction of sp³-hybridized carbons (Fsp3) is 0.469. The molecule has 2 aliphatic rings. The summed E-state index contributed by atoms with van der Waals surface area (Å²) in [4.78, 5) is 30.3. The van der Waals surface area contributed by atoms with Gasteiger partial charge < -0.3 is 15.0 Å². The maximum Gasteiger partial charge on any atom is 0.410 e. The van der Waals surface area contributed by atoms with Gasteiger partial charge >= 0.3 is 6.09 Å². The average molecular weight is 544 g/mol. The van der Waals surface area contributed by atoms with E-state index in [9.17, 15) is 9.59 Å². The van der Waals surface area contributed by atoms with Gasteiger partial charge in [-0.3, -0.25) is 9.69 Å². The lowest BCUT2D eigenvalue weighted by Crippen LogP contribution is -2.41. The van der Waals surface area contributed by atoms with Gasteiger partial charge in [0.15, 0.2) is 0 Å². The lowest BCUT2D eigenvalue weighted by molar-refractivity contribution is 0.0203. The van der Waals surface area contributed by atoms with E-state index in [1.54, 1.807) is 11.1 Å². The first-order chi connectivity index (χ1) is 19.3. The molecule has 0 saturated carbocycles. The summed E-state index contributed by atoms with van der Waals surface area (Å²) in [6.45, 7) is 10.4. The van der Waals surface area contributed by atoms with Crippen molar-refractivity contribution in [3.8, 4) is 5.69 Å². The molecule has 1 saturated heterocycles. The average Bonchev–Trinajstić information content (AvgIpc) is 3.40. The standard InChI is InChI=1S/C32H41N5O3/c1-32(2,3)40-31(39)36-20-15-25(16-21-36)29-28(22-34-37(29)27-12-5-4-6-13-27)30(38)33-17-9-18-35-19-14-24-10-7-8-11-26(24)23-35/h4-8,10-13,22,25H,9,14-21,23H2,1-3H3,(H,33,38). The van der Waals surface area contributed by atoms with Crippen molar-refractivity contribution in [3.63, 3.8) is 0 Å². The third-order valence-electron chi connectivity index (χ3n) is 7.73. The lowest BCUT2D eigenvalue weighted by Gasteiger charge is -2.34. The highest BCUT2D eigenvalue weighted by Crippen LogP contribution is 2.32. The number of likely N-dealkylation sites (tertiary alicyclic amines) is 1. The van der Waals surface area contributed by atoms with Crippen LogP contribution in [0.5, 0.6) is 0 Å². The minimum Gasteiger partial charge on any atom is -0.444 e. The molecule has 3 heterocycles. The number of carbonyl (C=O) groups excluding carboxylic acids is 2. The number of nitrogens with zero attached hydrogens (tertiary/aromatic N) is 4. The Balaban J connectivity index is 1.22. The number of aromatic nitrogens is 2. The highest BCUT2D eigenvalue weighted by atomic mass is 16.6. The monoisotopic (exact) mass is 543 g/mol. The number of piperidine rings is 1. The van der Waals surface area contributed by atoms with Crippen LogP contribution in [0.25, 0.3) is 5.69 Å². The first-order valence-electron chi connectivity index (χ1n) is 14.5. The molecule has 0 unspecified atom stereocenters. The molecule has 1 fully saturated rings. The van der Waals surface area contributed by atoms with Crippen molar-refractivity contribution in [3.05, 3.63) is 83.2 Å². The zero-order chi connectivity index (χ0) is 28.1. The molecular weight excluding hydrogens is 502 g/mol. The molecule has 1 aromatic heterocycles. The highest BCUT2D eigenvalue weighted by Gasteiger charge is 2.32. The molecule has 1 N–H and O–H groups in total. The van der Waals surface area contributed by atoms with E-state index in [2.05, 4.69) is 39.6 Å². The minimum atomic E-state index is -0.524. The van der Waals surface area contributed by atoms with Crippen LogP contribution in [0.1, 0.15) is 73.1 Å². The van der Waals surface area contributed by atoms with Crippen LogP contribution in [0.4, 0.5) is 4.79 Å². The van der Waals surface area contributed by atoms with E-state index in [1.807, 2.05) is 55.8 Å². The SMILES string of the molecule is CC(C)(C)OC(=O)N1CCC(c2c(C(=O)NCCCN3CCc4ccccc4C3)cnn2-c2ccccc2)CC1. The number of ether oxygens (including phenoxy) is 1. The van der Waals surface area contributed by atoms with Crippen molar-refractivity contribution in [1.82, 2.24) is 24.9 Å². The number of hydrogen-bond donors (Lipinski definition) is 1. The van der Waals surface area contributed by atoms with Gasteiger partial charge in [0.1, 0.15) is 5.60 Å². The Hall–Kier alpha value is -3.65. The molecule has 2 amide bonds. The second-order valence-electron chi connectivity index (χ2n) is 11.8. The molecule has 2 aromatic carbocycles. The van der Waals surface area contributed by atoms with Gasteiger partial charge in [0, 0.05) is 45.2 Å². The molecule has 0 bridgehead atoms. The summed E-state index contributed by atoms with van der Waals surface area (Å²) in [6, 6.07) is 18.6. The number of fused-ring (bicyclic) bond motifs is 1. The summed E-state index contributed by atoms with van der Waals surface area (Å²) in [5, 5.41) is 7.80. The molecule has 3 aromatic rings. The van der Waals surface area contributed by atoms with Gasteiger partial charge in [-0.1, -0.05) is 42.5 Å². The number of para-hydroxylation sites is 1. The molecule has 0 aliphatic carbocycles. The Morgan fingerprint density at radius 3 is 2.40 bits per heavy atom. The maximum absolute atomic E-state index is 13.4. The molecule has 8 nitrogen and oxygen atoms in total. The van der Waals surface area contributed by atoms with Crippen molar-refractivity contribution < 1.29 is 14.3 Å². The van der Waals surface area contributed by atoms with E-state index in [4.69, 9.17) is 4.74 Å². The van der Waals surface area contributed by atoms with Gasteiger partial charge in [0.25, 0.3) is 5.91 Å². The number of carbonyl (C=O) groups is 2. The van der Waals surface area contributed by atoms with Crippen molar-refractivity contribution in [2.75, 3.05) is 32.7 Å². The van der Waals surface area contributed by atoms with Gasteiger partial charge in [-0.05, 0) is 69.7 Å².